The number of ether oxygens (including phenoxy) is 3. The topological polar surface area (TPSA) is 103 Å². The normalized spacial score (nSPS) is 10.9. The first-order chi connectivity index (χ1) is 15.7. The van der Waals surface area contributed by atoms with Crippen LogP contribution in [0.5, 0.6) is 17.2 Å². The van der Waals surface area contributed by atoms with E-state index in [0.29, 0.717) is 0 Å². The van der Waals surface area contributed by atoms with Crippen LogP contribution in [0.1, 0.15) is 10.4 Å². The van der Waals surface area contributed by atoms with Crippen LogP contribution in [0.4, 0.5) is 15.8 Å². The van der Waals surface area contributed by atoms with E-state index in [2.05, 4.69) is 10.0 Å². The summed E-state index contributed by atoms with van der Waals surface area (Å²) in [6, 6.07) is 12.0. The van der Waals surface area contributed by atoms with Crippen molar-refractivity contribution in [1.82, 2.24) is 0 Å². The van der Waals surface area contributed by atoms with E-state index in [-0.39, 0.29) is 44.1 Å². The molecule has 0 aliphatic rings. The minimum atomic E-state index is -4.15. The van der Waals surface area contributed by atoms with E-state index in [4.69, 9.17) is 25.8 Å². The van der Waals surface area contributed by atoms with Crippen LogP contribution in [0.3, 0.4) is 0 Å². The first kappa shape index (κ1) is 24.1. The summed E-state index contributed by atoms with van der Waals surface area (Å²) in [7, 11) is -0.0472. The van der Waals surface area contributed by atoms with E-state index in [9.17, 15) is 17.6 Å². The number of anilines is 2. The number of nitrogens with one attached hydrogen (secondary N) is 2. The Labute approximate surface area is 195 Å². The molecule has 0 fully saturated rings. The highest BCUT2D eigenvalue weighted by atomic mass is 35.5. The number of carbonyl (C=O) groups excluding carboxylic acids is 1. The third kappa shape index (κ3) is 5.29. The zero-order chi connectivity index (χ0) is 24.2. The molecule has 0 aromatic heterocycles. The highest BCUT2D eigenvalue weighted by molar-refractivity contribution is 7.92. The minimum absolute atomic E-state index is 0.0364. The number of amides is 1. The van der Waals surface area contributed by atoms with Crippen molar-refractivity contribution in [3.63, 3.8) is 0 Å². The number of benzene rings is 3. The Bertz CT molecular complexity index is 1300. The van der Waals surface area contributed by atoms with Gasteiger partial charge in [-0.25, -0.2) is 12.8 Å². The number of halogens is 2. The molecule has 0 spiro atoms. The standard InChI is InChI=1S/C22H20ClFN2O6S/c1-30-19-9-8-13(10-17(19)25-22(27)14-6-4-5-7-16(14)24)33(28,29)26-18-12-20(31-2)15(23)11-21(18)32-3/h4-12,26H,1-3H3,(H,25,27). The lowest BCUT2D eigenvalue weighted by atomic mass is 10.2. The molecule has 0 aliphatic heterocycles. The fraction of sp³-hybridized carbons (Fsp3) is 0.136. The molecule has 3 aromatic carbocycles. The fourth-order valence-corrected chi connectivity index (χ4v) is 4.25. The van der Waals surface area contributed by atoms with Gasteiger partial charge in [0.1, 0.15) is 23.1 Å². The van der Waals surface area contributed by atoms with E-state index in [1.807, 2.05) is 0 Å². The molecule has 0 atom stereocenters. The van der Waals surface area contributed by atoms with Crippen LogP contribution in [0.15, 0.2) is 59.5 Å². The molecule has 33 heavy (non-hydrogen) atoms. The fourth-order valence-electron chi connectivity index (χ4n) is 2.93. The summed E-state index contributed by atoms with van der Waals surface area (Å²) in [4.78, 5) is 12.3. The molecule has 3 aromatic rings. The summed E-state index contributed by atoms with van der Waals surface area (Å²) in [5, 5.41) is 2.72. The predicted molar refractivity (Wildman–Crippen MR) is 123 cm³/mol. The number of hydrogen-bond donors (Lipinski definition) is 2. The summed E-state index contributed by atoms with van der Waals surface area (Å²) in [5.41, 5.74) is -0.0790. The lowest BCUT2D eigenvalue weighted by Gasteiger charge is -2.16. The van der Waals surface area contributed by atoms with Gasteiger partial charge in [-0.2, -0.15) is 0 Å². The van der Waals surface area contributed by atoms with Crippen molar-refractivity contribution < 1.29 is 31.8 Å². The highest BCUT2D eigenvalue weighted by Crippen LogP contribution is 2.37. The summed E-state index contributed by atoms with van der Waals surface area (Å²) < 4.78 is 58.0. The van der Waals surface area contributed by atoms with Gasteiger partial charge in [0.15, 0.2) is 0 Å². The Hall–Kier alpha value is -3.50. The second-order valence-electron chi connectivity index (χ2n) is 6.59. The molecule has 8 nitrogen and oxygen atoms in total. The average Bonchev–Trinajstić information content (AvgIpc) is 2.79. The maximum absolute atomic E-state index is 14.0. The van der Waals surface area contributed by atoms with Gasteiger partial charge >= 0.3 is 0 Å². The van der Waals surface area contributed by atoms with Crippen LogP contribution in [0.2, 0.25) is 5.02 Å². The first-order valence-corrected chi connectivity index (χ1v) is 11.2. The molecule has 0 heterocycles. The highest BCUT2D eigenvalue weighted by Gasteiger charge is 2.21. The quantitative estimate of drug-likeness (QED) is 0.476. The number of carbonyl (C=O) groups is 1. The van der Waals surface area contributed by atoms with Gasteiger partial charge in [-0.1, -0.05) is 23.7 Å². The van der Waals surface area contributed by atoms with Gasteiger partial charge in [-0.15, -0.1) is 0 Å². The Kier molecular flexibility index (Phi) is 7.29. The van der Waals surface area contributed by atoms with Crippen molar-refractivity contribution in [3.05, 3.63) is 71.0 Å². The lowest BCUT2D eigenvalue weighted by molar-refractivity contribution is 0.102. The SMILES string of the molecule is COc1cc(NS(=O)(=O)c2ccc(OC)c(NC(=O)c3ccccc3F)c2)c(OC)cc1Cl. The van der Waals surface area contributed by atoms with Gasteiger partial charge in [0.05, 0.1) is 48.2 Å². The Balaban J connectivity index is 1.97. The molecule has 0 radical (unpaired) electrons. The van der Waals surface area contributed by atoms with Gasteiger partial charge in [0, 0.05) is 12.1 Å². The third-order valence-corrected chi connectivity index (χ3v) is 6.22. The number of sulfonamides is 1. The van der Waals surface area contributed by atoms with Gasteiger partial charge in [-0.05, 0) is 30.3 Å². The van der Waals surface area contributed by atoms with E-state index >= 15 is 0 Å². The monoisotopic (exact) mass is 494 g/mol. The van der Waals surface area contributed by atoms with Crippen LogP contribution >= 0.6 is 11.6 Å². The molecule has 174 valence electrons. The Morgan fingerprint density at radius 2 is 1.55 bits per heavy atom. The average molecular weight is 495 g/mol. The molecular weight excluding hydrogens is 475 g/mol. The molecule has 0 unspecified atom stereocenters. The summed E-state index contributed by atoms with van der Waals surface area (Å²) in [6.07, 6.45) is 0. The molecule has 0 aliphatic carbocycles. The number of hydrogen-bond acceptors (Lipinski definition) is 6. The molecule has 3 rings (SSSR count). The van der Waals surface area contributed by atoms with Crippen molar-refractivity contribution in [2.24, 2.45) is 0 Å². The third-order valence-electron chi connectivity index (χ3n) is 4.57. The van der Waals surface area contributed by atoms with Gasteiger partial charge < -0.3 is 19.5 Å². The van der Waals surface area contributed by atoms with Crippen molar-refractivity contribution in [1.29, 1.82) is 0 Å². The maximum Gasteiger partial charge on any atom is 0.262 e. The Morgan fingerprint density at radius 1 is 0.879 bits per heavy atom. The van der Waals surface area contributed by atoms with Gasteiger partial charge in [-0.3, -0.25) is 9.52 Å². The molecule has 1 amide bonds. The predicted octanol–water partition coefficient (Wildman–Crippen LogP) is 4.56. The largest absolute Gasteiger partial charge is 0.495 e. The van der Waals surface area contributed by atoms with Crippen molar-refractivity contribution in [2.45, 2.75) is 4.90 Å². The second-order valence-corrected chi connectivity index (χ2v) is 8.68. The summed E-state index contributed by atoms with van der Waals surface area (Å²) in [5.74, 6) is -0.890. The van der Waals surface area contributed by atoms with Crippen molar-refractivity contribution in [2.75, 3.05) is 31.4 Å². The van der Waals surface area contributed by atoms with Gasteiger partial charge in [0.2, 0.25) is 0 Å². The second kappa shape index (κ2) is 9.97. The van der Waals surface area contributed by atoms with Crippen LogP contribution in [0.25, 0.3) is 0 Å². The number of methoxy groups -OCH3 is 3. The van der Waals surface area contributed by atoms with E-state index in [1.165, 1.54) is 69.9 Å². The van der Waals surface area contributed by atoms with E-state index in [1.54, 1.807) is 0 Å². The zero-order valence-corrected chi connectivity index (χ0v) is 19.4. The smallest absolute Gasteiger partial charge is 0.262 e. The van der Waals surface area contributed by atoms with Crippen molar-refractivity contribution >= 4 is 38.9 Å². The van der Waals surface area contributed by atoms with Crippen LogP contribution in [0, 0.1) is 5.82 Å². The Morgan fingerprint density at radius 3 is 2.18 bits per heavy atom. The molecule has 0 saturated heterocycles. The number of rotatable bonds is 8. The molecule has 0 bridgehead atoms. The maximum atomic E-state index is 14.0. The molecular formula is C22H20ClFN2O6S. The summed E-state index contributed by atoms with van der Waals surface area (Å²) in [6.45, 7) is 0. The minimum Gasteiger partial charge on any atom is -0.495 e. The molecule has 11 heteroatoms. The van der Waals surface area contributed by atoms with Crippen LogP contribution in [-0.4, -0.2) is 35.7 Å². The van der Waals surface area contributed by atoms with E-state index < -0.39 is 21.7 Å². The first-order valence-electron chi connectivity index (χ1n) is 9.38. The van der Waals surface area contributed by atoms with Crippen LogP contribution in [-0.2, 0) is 10.0 Å². The van der Waals surface area contributed by atoms with Crippen LogP contribution < -0.4 is 24.2 Å². The lowest BCUT2D eigenvalue weighted by Crippen LogP contribution is -2.17. The van der Waals surface area contributed by atoms with Gasteiger partial charge in [0.25, 0.3) is 15.9 Å². The molecule has 0 saturated carbocycles. The zero-order valence-electron chi connectivity index (χ0n) is 17.8. The van der Waals surface area contributed by atoms with E-state index in [0.717, 1.165) is 6.07 Å². The van der Waals surface area contributed by atoms with Crippen molar-refractivity contribution in [3.8, 4) is 17.2 Å². The molecule has 2 N–H and O–H groups in total. The summed E-state index contributed by atoms with van der Waals surface area (Å²) >= 11 is 6.07.